The van der Waals surface area contributed by atoms with Gasteiger partial charge in [-0.05, 0) is 52.8 Å². The van der Waals surface area contributed by atoms with Crippen LogP contribution in [0.3, 0.4) is 0 Å². The highest BCUT2D eigenvalue weighted by Gasteiger charge is 2.37. The molecular weight excluding hydrogens is 374 g/mol. The minimum absolute atomic E-state index is 0.123. The molecule has 0 saturated carbocycles. The minimum atomic E-state index is -0.565. The van der Waals surface area contributed by atoms with E-state index in [1.165, 1.54) is 4.90 Å². The highest BCUT2D eigenvalue weighted by molar-refractivity contribution is 5.97. The van der Waals surface area contributed by atoms with Crippen LogP contribution in [0.5, 0.6) is 0 Å². The molecule has 0 N–H and O–H groups in total. The largest absolute Gasteiger partial charge is 0.447 e. The molecule has 0 aromatic heterocycles. The summed E-state index contributed by atoms with van der Waals surface area (Å²) in [4.78, 5) is 42.4. The number of amides is 3. The van der Waals surface area contributed by atoms with Gasteiger partial charge in [0.25, 0.3) is 5.91 Å². The molecule has 2 heterocycles. The van der Waals surface area contributed by atoms with Gasteiger partial charge in [-0.2, -0.15) is 0 Å². The summed E-state index contributed by atoms with van der Waals surface area (Å²) < 4.78 is 10.5. The summed E-state index contributed by atoms with van der Waals surface area (Å²) in [5.41, 5.74) is 0.586. The van der Waals surface area contributed by atoms with E-state index in [4.69, 9.17) is 9.47 Å². The lowest BCUT2D eigenvalue weighted by molar-refractivity contribution is -0.00788. The summed E-state index contributed by atoms with van der Waals surface area (Å²) >= 11 is 0. The molecule has 2 fully saturated rings. The number of carbonyl (C=O) groups excluding carboxylic acids is 3. The zero-order chi connectivity index (χ0) is 21.3. The third-order valence-electron chi connectivity index (χ3n) is 5.04. The Morgan fingerprint density at radius 3 is 2.38 bits per heavy atom. The summed E-state index contributed by atoms with van der Waals surface area (Å²) in [6, 6.07) is 6.68. The number of rotatable bonds is 2. The molecule has 158 valence electrons. The van der Waals surface area contributed by atoms with Gasteiger partial charge >= 0.3 is 12.2 Å². The lowest BCUT2D eigenvalue weighted by atomic mass is 10.1. The third-order valence-corrected chi connectivity index (χ3v) is 5.04. The minimum Gasteiger partial charge on any atom is -0.447 e. The number of hydrogen-bond donors (Lipinski definition) is 0. The van der Waals surface area contributed by atoms with E-state index in [9.17, 15) is 14.4 Å². The van der Waals surface area contributed by atoms with Crippen molar-refractivity contribution < 1.29 is 23.9 Å². The van der Waals surface area contributed by atoms with Gasteiger partial charge in [-0.25, -0.2) is 9.59 Å². The molecule has 3 rings (SSSR count). The van der Waals surface area contributed by atoms with Gasteiger partial charge < -0.3 is 19.3 Å². The normalized spacial score (nSPS) is 22.5. The summed E-state index contributed by atoms with van der Waals surface area (Å²) in [7, 11) is 0. The van der Waals surface area contributed by atoms with Crippen LogP contribution < -0.4 is 4.90 Å². The van der Waals surface area contributed by atoms with Gasteiger partial charge in [0.15, 0.2) is 0 Å². The number of nitrogens with zero attached hydrogens (tertiary/aromatic N) is 3. The van der Waals surface area contributed by atoms with Gasteiger partial charge in [0, 0.05) is 36.4 Å². The predicted octanol–water partition coefficient (Wildman–Crippen LogP) is 3.11. The van der Waals surface area contributed by atoms with Crippen molar-refractivity contribution in [1.82, 2.24) is 9.80 Å². The quantitative estimate of drug-likeness (QED) is 0.758. The van der Waals surface area contributed by atoms with Crippen molar-refractivity contribution in [1.29, 1.82) is 0 Å². The Labute approximate surface area is 171 Å². The first-order chi connectivity index (χ1) is 13.6. The molecule has 1 aromatic rings. The van der Waals surface area contributed by atoms with E-state index in [0.29, 0.717) is 37.5 Å². The molecule has 2 unspecified atom stereocenters. The molecule has 0 bridgehead atoms. The maximum absolute atomic E-state index is 13.2. The van der Waals surface area contributed by atoms with E-state index in [2.05, 4.69) is 0 Å². The summed E-state index contributed by atoms with van der Waals surface area (Å²) in [6.07, 6.45) is -0.763. The fourth-order valence-corrected chi connectivity index (χ4v) is 3.59. The van der Waals surface area contributed by atoms with E-state index in [-0.39, 0.29) is 24.1 Å². The van der Waals surface area contributed by atoms with Crippen LogP contribution in [-0.2, 0) is 9.47 Å². The van der Waals surface area contributed by atoms with Crippen LogP contribution in [0, 0.1) is 0 Å². The van der Waals surface area contributed by atoms with Crippen LogP contribution >= 0.6 is 0 Å². The molecule has 0 aliphatic carbocycles. The van der Waals surface area contributed by atoms with Crippen LogP contribution in [-0.4, -0.2) is 71.8 Å². The van der Waals surface area contributed by atoms with Crippen LogP contribution in [0.15, 0.2) is 24.3 Å². The second kappa shape index (κ2) is 7.93. The maximum Gasteiger partial charge on any atom is 0.414 e. The van der Waals surface area contributed by atoms with Crippen LogP contribution in [0.25, 0.3) is 0 Å². The molecule has 29 heavy (non-hydrogen) atoms. The average Bonchev–Trinajstić information content (AvgIpc) is 3.07. The Hall–Kier alpha value is -2.77. The van der Waals surface area contributed by atoms with Crippen molar-refractivity contribution in [2.75, 3.05) is 31.1 Å². The summed E-state index contributed by atoms with van der Waals surface area (Å²) in [5.74, 6) is -0.123. The van der Waals surface area contributed by atoms with Crippen molar-refractivity contribution in [3.8, 4) is 0 Å². The Bertz CT molecular complexity index is 804. The van der Waals surface area contributed by atoms with E-state index in [1.54, 1.807) is 34.1 Å². The first-order valence-corrected chi connectivity index (χ1v) is 9.92. The van der Waals surface area contributed by atoms with Crippen molar-refractivity contribution in [2.24, 2.45) is 0 Å². The molecule has 0 spiro atoms. The smallest absolute Gasteiger partial charge is 0.414 e. The first kappa shape index (κ1) is 21.0. The fraction of sp³-hybridized carbons (Fsp3) is 0.571. The summed E-state index contributed by atoms with van der Waals surface area (Å²) in [5, 5.41) is 0. The van der Waals surface area contributed by atoms with Gasteiger partial charge in [0.05, 0.1) is 6.54 Å². The van der Waals surface area contributed by atoms with Gasteiger partial charge in [0.2, 0.25) is 0 Å². The lowest BCUT2D eigenvalue weighted by Crippen LogP contribution is -2.60. The van der Waals surface area contributed by atoms with Crippen LogP contribution in [0.1, 0.15) is 45.0 Å². The number of cyclic esters (lactones) is 1. The van der Waals surface area contributed by atoms with Crippen LogP contribution in [0.4, 0.5) is 15.3 Å². The standard InChI is InChI=1S/C21H29N3O5/c1-14-13-24(20(27)29-21(3,4)5)15(2)12-23(14)18(25)16-7-6-8-17(11-16)22-9-10-28-19(22)26/h6-8,11,14-15H,9-10,12-13H2,1-5H3. The summed E-state index contributed by atoms with van der Waals surface area (Å²) in [6.45, 7) is 11.0. The fourth-order valence-electron chi connectivity index (χ4n) is 3.59. The van der Waals surface area contributed by atoms with E-state index in [1.807, 2.05) is 34.6 Å². The molecule has 8 nitrogen and oxygen atoms in total. The molecule has 0 radical (unpaired) electrons. The Morgan fingerprint density at radius 2 is 1.76 bits per heavy atom. The van der Waals surface area contributed by atoms with Crippen LogP contribution in [0.2, 0.25) is 0 Å². The number of carbonyl (C=O) groups is 3. The van der Waals surface area contributed by atoms with Crippen molar-refractivity contribution in [3.63, 3.8) is 0 Å². The monoisotopic (exact) mass is 403 g/mol. The third kappa shape index (κ3) is 4.63. The highest BCUT2D eigenvalue weighted by atomic mass is 16.6. The van der Waals surface area contributed by atoms with E-state index < -0.39 is 11.7 Å². The predicted molar refractivity (Wildman–Crippen MR) is 108 cm³/mol. The lowest BCUT2D eigenvalue weighted by Gasteiger charge is -2.44. The van der Waals surface area contributed by atoms with E-state index in [0.717, 1.165) is 0 Å². The maximum atomic E-state index is 13.2. The van der Waals surface area contributed by atoms with Gasteiger partial charge in [-0.15, -0.1) is 0 Å². The molecular formula is C21H29N3O5. The Morgan fingerprint density at radius 1 is 1.10 bits per heavy atom. The van der Waals surface area contributed by atoms with Crippen molar-refractivity contribution in [3.05, 3.63) is 29.8 Å². The SMILES string of the molecule is CC1CN(C(=O)c2cccc(N3CCOC3=O)c2)C(C)CN1C(=O)OC(C)(C)C. The van der Waals surface area contributed by atoms with Gasteiger partial charge in [0.1, 0.15) is 12.2 Å². The average molecular weight is 403 g/mol. The zero-order valence-electron chi connectivity index (χ0n) is 17.7. The number of hydrogen-bond acceptors (Lipinski definition) is 5. The number of piperazine rings is 1. The van der Waals surface area contributed by atoms with E-state index >= 15 is 0 Å². The Balaban J connectivity index is 1.72. The van der Waals surface area contributed by atoms with Crippen molar-refractivity contribution >= 4 is 23.8 Å². The molecule has 8 heteroatoms. The molecule has 2 saturated heterocycles. The number of anilines is 1. The second-order valence-corrected chi connectivity index (χ2v) is 8.60. The number of benzene rings is 1. The molecule has 2 atom stereocenters. The number of ether oxygens (including phenoxy) is 2. The molecule has 3 amide bonds. The highest BCUT2D eigenvalue weighted by Crippen LogP contribution is 2.24. The Kier molecular flexibility index (Phi) is 5.73. The molecule has 2 aliphatic rings. The molecule has 1 aromatic carbocycles. The molecule has 2 aliphatic heterocycles. The van der Waals surface area contributed by atoms with Crippen molar-refractivity contribution in [2.45, 2.75) is 52.3 Å². The topological polar surface area (TPSA) is 79.4 Å². The van der Waals surface area contributed by atoms with Gasteiger partial charge in [-0.3, -0.25) is 9.69 Å². The first-order valence-electron chi connectivity index (χ1n) is 9.92. The van der Waals surface area contributed by atoms with Gasteiger partial charge in [-0.1, -0.05) is 6.07 Å². The second-order valence-electron chi connectivity index (χ2n) is 8.60. The zero-order valence-corrected chi connectivity index (χ0v) is 17.7.